The minimum Gasteiger partial charge on any atom is -0.465 e. The van der Waals surface area contributed by atoms with Crippen molar-refractivity contribution >= 4 is 23.2 Å². The fraction of sp³-hybridized carbons (Fsp3) is 0.300. The molecule has 0 saturated carbocycles. The number of thiazole rings is 1. The summed E-state index contributed by atoms with van der Waals surface area (Å²) in [6.07, 6.45) is 1.42. The Bertz CT molecular complexity index is 456. The Kier molecular flexibility index (Phi) is 4.48. The first-order valence-corrected chi connectivity index (χ1v) is 5.22. The molecule has 0 fully saturated rings. The normalized spacial score (nSPS) is 8.88. The van der Waals surface area contributed by atoms with Crippen LogP contribution in [0, 0.1) is 11.8 Å². The Balaban J connectivity index is 2.58. The Morgan fingerprint density at radius 3 is 3.00 bits per heavy atom. The molecule has 1 rings (SSSR count). The maximum Gasteiger partial charge on any atom is 0.349 e. The number of rotatable bonds is 2. The monoisotopic (exact) mass is 238 g/mol. The van der Waals surface area contributed by atoms with Gasteiger partial charge in [-0.25, -0.2) is 9.78 Å². The first-order valence-electron chi connectivity index (χ1n) is 4.41. The molecule has 0 unspecified atom stereocenters. The van der Waals surface area contributed by atoms with Crippen molar-refractivity contribution in [1.29, 1.82) is 0 Å². The average Bonchev–Trinajstić information content (AvgIpc) is 2.71. The van der Waals surface area contributed by atoms with E-state index in [0.29, 0.717) is 9.88 Å². The summed E-state index contributed by atoms with van der Waals surface area (Å²) in [6.45, 7) is 1.68. The number of hydrogen-bond acceptors (Lipinski definition) is 5. The molecule has 0 aliphatic carbocycles. The summed E-state index contributed by atoms with van der Waals surface area (Å²) in [5.41, 5.74) is 0. The number of nitrogens with one attached hydrogen (secondary N) is 1. The molecule has 1 amide bonds. The summed E-state index contributed by atoms with van der Waals surface area (Å²) in [7, 11) is 1.31. The summed E-state index contributed by atoms with van der Waals surface area (Å²) in [5, 5.41) is 3.05. The Labute approximate surface area is 96.8 Å². The standard InChI is InChI=1S/C10H10N2O3S/c1-7(13)11-5-3-4-9-12-6-8(16-9)10(14)15-2/h6H,5H2,1-2H3,(H,11,13). The molecule has 0 radical (unpaired) electrons. The minimum atomic E-state index is -0.424. The lowest BCUT2D eigenvalue weighted by atomic mass is 10.5. The first kappa shape index (κ1) is 12.2. The van der Waals surface area contributed by atoms with Crippen molar-refractivity contribution in [2.75, 3.05) is 13.7 Å². The molecular weight excluding hydrogens is 228 g/mol. The van der Waals surface area contributed by atoms with E-state index in [-0.39, 0.29) is 12.5 Å². The van der Waals surface area contributed by atoms with E-state index in [9.17, 15) is 9.59 Å². The molecule has 0 aliphatic heterocycles. The summed E-state index contributed by atoms with van der Waals surface area (Å²) >= 11 is 1.15. The van der Waals surface area contributed by atoms with E-state index in [4.69, 9.17) is 0 Å². The van der Waals surface area contributed by atoms with Crippen molar-refractivity contribution in [2.24, 2.45) is 0 Å². The highest BCUT2D eigenvalue weighted by Gasteiger charge is 2.08. The summed E-state index contributed by atoms with van der Waals surface area (Å²) in [5.74, 6) is 4.89. The molecule has 5 nitrogen and oxygen atoms in total. The smallest absolute Gasteiger partial charge is 0.349 e. The highest BCUT2D eigenvalue weighted by atomic mass is 32.1. The second kappa shape index (κ2) is 5.88. The molecular formula is C10H10N2O3S. The molecule has 6 heteroatoms. The van der Waals surface area contributed by atoms with Crippen LogP contribution in [0.25, 0.3) is 0 Å². The third-order valence-corrected chi connectivity index (χ3v) is 2.41. The number of carbonyl (C=O) groups is 2. The van der Waals surface area contributed by atoms with Gasteiger partial charge in [-0.3, -0.25) is 4.79 Å². The lowest BCUT2D eigenvalue weighted by Gasteiger charge is -1.90. The molecule has 1 heterocycles. The van der Waals surface area contributed by atoms with Crippen LogP contribution in [0.2, 0.25) is 0 Å². The minimum absolute atomic E-state index is 0.135. The van der Waals surface area contributed by atoms with Crippen LogP contribution in [0.5, 0.6) is 0 Å². The van der Waals surface area contributed by atoms with Crippen molar-refractivity contribution in [3.05, 3.63) is 16.1 Å². The number of methoxy groups -OCH3 is 1. The van der Waals surface area contributed by atoms with Gasteiger partial charge in [0.15, 0.2) is 5.01 Å². The molecule has 84 valence electrons. The van der Waals surface area contributed by atoms with Gasteiger partial charge in [-0.2, -0.15) is 0 Å². The number of amides is 1. The molecule has 0 saturated heterocycles. The van der Waals surface area contributed by atoms with Crippen LogP contribution < -0.4 is 5.32 Å². The number of carbonyl (C=O) groups excluding carboxylic acids is 2. The largest absolute Gasteiger partial charge is 0.465 e. The van der Waals surface area contributed by atoms with Crippen LogP contribution in [0.15, 0.2) is 6.20 Å². The van der Waals surface area contributed by atoms with Crippen LogP contribution in [0.4, 0.5) is 0 Å². The van der Waals surface area contributed by atoms with Gasteiger partial charge in [-0.15, -0.1) is 0 Å². The van der Waals surface area contributed by atoms with E-state index in [2.05, 4.69) is 26.9 Å². The second-order valence-corrected chi connectivity index (χ2v) is 3.76. The van der Waals surface area contributed by atoms with Crippen molar-refractivity contribution in [3.63, 3.8) is 0 Å². The van der Waals surface area contributed by atoms with Gasteiger partial charge in [0.25, 0.3) is 0 Å². The summed E-state index contributed by atoms with van der Waals surface area (Å²) in [6, 6.07) is 0. The van der Waals surface area contributed by atoms with E-state index in [1.54, 1.807) is 0 Å². The summed E-state index contributed by atoms with van der Waals surface area (Å²) in [4.78, 5) is 26.0. The average molecular weight is 238 g/mol. The van der Waals surface area contributed by atoms with Crippen LogP contribution in [0.1, 0.15) is 21.6 Å². The molecule has 0 aromatic carbocycles. The van der Waals surface area contributed by atoms with E-state index >= 15 is 0 Å². The van der Waals surface area contributed by atoms with Crippen molar-refractivity contribution in [1.82, 2.24) is 10.3 Å². The van der Waals surface area contributed by atoms with Gasteiger partial charge in [-0.1, -0.05) is 17.3 Å². The number of hydrogen-bond donors (Lipinski definition) is 1. The molecule has 16 heavy (non-hydrogen) atoms. The Hall–Kier alpha value is -1.87. The third kappa shape index (κ3) is 3.71. The molecule has 1 N–H and O–H groups in total. The molecule has 1 aromatic heterocycles. The van der Waals surface area contributed by atoms with Gasteiger partial charge >= 0.3 is 5.97 Å². The van der Waals surface area contributed by atoms with Gasteiger partial charge in [0.2, 0.25) is 5.91 Å². The van der Waals surface area contributed by atoms with Gasteiger partial charge in [0.1, 0.15) is 4.88 Å². The van der Waals surface area contributed by atoms with Crippen LogP contribution in [0.3, 0.4) is 0 Å². The highest BCUT2D eigenvalue weighted by molar-refractivity contribution is 7.14. The SMILES string of the molecule is COC(=O)c1cnc(C#CCNC(C)=O)s1. The van der Waals surface area contributed by atoms with E-state index in [1.165, 1.54) is 20.2 Å². The number of aromatic nitrogens is 1. The van der Waals surface area contributed by atoms with E-state index in [0.717, 1.165) is 11.3 Å². The topological polar surface area (TPSA) is 68.3 Å². The lowest BCUT2D eigenvalue weighted by molar-refractivity contribution is -0.118. The van der Waals surface area contributed by atoms with Gasteiger partial charge < -0.3 is 10.1 Å². The Morgan fingerprint density at radius 1 is 1.62 bits per heavy atom. The predicted molar refractivity (Wildman–Crippen MR) is 59.0 cm³/mol. The number of esters is 1. The molecule has 0 atom stereocenters. The predicted octanol–water partition coefficient (Wildman–Crippen LogP) is 0.417. The third-order valence-electron chi connectivity index (χ3n) is 1.51. The fourth-order valence-electron chi connectivity index (χ4n) is 0.815. The van der Waals surface area contributed by atoms with Crippen LogP contribution in [-0.4, -0.2) is 30.5 Å². The lowest BCUT2D eigenvalue weighted by Crippen LogP contribution is -2.19. The number of nitrogens with zero attached hydrogens (tertiary/aromatic N) is 1. The molecule has 0 spiro atoms. The maximum absolute atomic E-state index is 11.1. The van der Waals surface area contributed by atoms with Crippen molar-refractivity contribution < 1.29 is 14.3 Å². The quantitative estimate of drug-likeness (QED) is 0.599. The molecule has 0 bridgehead atoms. The summed E-state index contributed by atoms with van der Waals surface area (Å²) < 4.78 is 4.53. The zero-order valence-corrected chi connectivity index (χ0v) is 9.68. The maximum atomic E-state index is 11.1. The fourth-order valence-corrected chi connectivity index (χ4v) is 1.52. The highest BCUT2D eigenvalue weighted by Crippen LogP contribution is 2.12. The van der Waals surface area contributed by atoms with Gasteiger partial charge in [-0.05, 0) is 5.92 Å². The van der Waals surface area contributed by atoms with Gasteiger partial charge in [0, 0.05) is 6.92 Å². The second-order valence-electron chi connectivity index (χ2n) is 2.73. The van der Waals surface area contributed by atoms with Crippen LogP contribution in [-0.2, 0) is 9.53 Å². The van der Waals surface area contributed by atoms with E-state index < -0.39 is 5.97 Å². The Morgan fingerprint density at radius 2 is 2.38 bits per heavy atom. The number of ether oxygens (including phenoxy) is 1. The zero-order valence-electron chi connectivity index (χ0n) is 8.86. The first-order chi connectivity index (χ1) is 7.63. The zero-order chi connectivity index (χ0) is 12.0. The van der Waals surface area contributed by atoms with Crippen LogP contribution >= 0.6 is 11.3 Å². The van der Waals surface area contributed by atoms with Crippen molar-refractivity contribution in [2.45, 2.75) is 6.92 Å². The van der Waals surface area contributed by atoms with E-state index in [1.807, 2.05) is 0 Å². The van der Waals surface area contributed by atoms with Crippen molar-refractivity contribution in [3.8, 4) is 11.8 Å². The van der Waals surface area contributed by atoms with Gasteiger partial charge in [0.05, 0.1) is 19.9 Å². The molecule has 1 aromatic rings. The molecule has 0 aliphatic rings.